The van der Waals surface area contributed by atoms with Crippen molar-refractivity contribution in [3.63, 3.8) is 0 Å². The number of ether oxygens (including phenoxy) is 1. The van der Waals surface area contributed by atoms with Crippen molar-refractivity contribution in [3.8, 4) is 5.75 Å². The quantitative estimate of drug-likeness (QED) is 0.343. The van der Waals surface area contributed by atoms with Crippen molar-refractivity contribution in [2.75, 3.05) is 27.7 Å². The summed E-state index contributed by atoms with van der Waals surface area (Å²) in [6.45, 7) is 5.20. The smallest absolute Gasteiger partial charge is 0.191 e. The summed E-state index contributed by atoms with van der Waals surface area (Å²) in [5.74, 6) is 1.67. The maximum atomic E-state index is 5.27. The molecule has 5 nitrogen and oxygen atoms in total. The van der Waals surface area contributed by atoms with E-state index in [1.54, 1.807) is 7.11 Å². The van der Waals surface area contributed by atoms with E-state index in [-0.39, 0.29) is 24.0 Å². The molecule has 0 fully saturated rings. The third-order valence-corrected chi connectivity index (χ3v) is 3.88. The van der Waals surface area contributed by atoms with Gasteiger partial charge in [0, 0.05) is 19.6 Å². The van der Waals surface area contributed by atoms with Gasteiger partial charge >= 0.3 is 0 Å². The highest BCUT2D eigenvalue weighted by atomic mass is 127. The number of methoxy groups -OCH3 is 1. The fourth-order valence-corrected chi connectivity index (χ4v) is 2.60. The Labute approximate surface area is 180 Å². The summed E-state index contributed by atoms with van der Waals surface area (Å²) in [6.07, 6.45) is 0. The number of nitrogens with zero attached hydrogens (tertiary/aromatic N) is 2. The molecule has 0 saturated heterocycles. The lowest BCUT2D eigenvalue weighted by Gasteiger charge is -2.13. The average molecular weight is 482 g/mol. The first-order valence-electron chi connectivity index (χ1n) is 8.98. The molecule has 148 valence electrons. The van der Waals surface area contributed by atoms with Crippen molar-refractivity contribution >= 4 is 29.9 Å². The van der Waals surface area contributed by atoms with E-state index in [2.05, 4.69) is 71.9 Å². The molecule has 2 N–H and O–H groups in total. The predicted molar refractivity (Wildman–Crippen MR) is 124 cm³/mol. The van der Waals surface area contributed by atoms with Gasteiger partial charge in [0.25, 0.3) is 0 Å². The molecule has 0 saturated carbocycles. The van der Waals surface area contributed by atoms with Gasteiger partial charge in [-0.3, -0.25) is 0 Å². The second-order valence-electron chi connectivity index (χ2n) is 6.45. The number of nitrogens with one attached hydrogen (secondary N) is 2. The summed E-state index contributed by atoms with van der Waals surface area (Å²) in [5, 5.41) is 6.68. The number of halogens is 1. The van der Waals surface area contributed by atoms with Crippen molar-refractivity contribution < 1.29 is 4.74 Å². The van der Waals surface area contributed by atoms with Gasteiger partial charge < -0.3 is 20.3 Å². The van der Waals surface area contributed by atoms with E-state index in [0.717, 1.165) is 36.9 Å². The second-order valence-corrected chi connectivity index (χ2v) is 6.45. The van der Waals surface area contributed by atoms with Crippen LogP contribution >= 0.6 is 24.0 Å². The Kier molecular flexibility index (Phi) is 10.8. The molecule has 0 amide bonds. The summed E-state index contributed by atoms with van der Waals surface area (Å²) in [7, 11) is 5.84. The molecule has 0 aliphatic heterocycles. The molecule has 0 unspecified atom stereocenters. The van der Waals surface area contributed by atoms with Crippen molar-refractivity contribution in [2.24, 2.45) is 4.99 Å². The van der Waals surface area contributed by atoms with E-state index in [1.807, 2.05) is 18.2 Å². The Bertz CT molecular complexity index is 702. The molecule has 2 aromatic carbocycles. The van der Waals surface area contributed by atoms with E-state index < -0.39 is 0 Å². The Hall–Kier alpha value is -1.80. The van der Waals surface area contributed by atoms with Gasteiger partial charge in [0.05, 0.1) is 13.7 Å². The molecule has 0 atom stereocenters. The first kappa shape index (κ1) is 23.2. The van der Waals surface area contributed by atoms with Gasteiger partial charge in [-0.25, -0.2) is 4.99 Å². The maximum absolute atomic E-state index is 5.27. The summed E-state index contributed by atoms with van der Waals surface area (Å²) >= 11 is 0. The van der Waals surface area contributed by atoms with E-state index in [0.29, 0.717) is 6.54 Å². The van der Waals surface area contributed by atoms with E-state index >= 15 is 0 Å². The van der Waals surface area contributed by atoms with E-state index in [1.165, 1.54) is 11.1 Å². The zero-order valence-electron chi connectivity index (χ0n) is 16.7. The molecule has 2 aromatic rings. The molecule has 0 heterocycles. The van der Waals surface area contributed by atoms with Crippen LogP contribution in [0.2, 0.25) is 0 Å². The van der Waals surface area contributed by atoms with Crippen LogP contribution in [-0.2, 0) is 19.6 Å². The molecule has 0 radical (unpaired) electrons. The van der Waals surface area contributed by atoms with Crippen molar-refractivity contribution in [1.82, 2.24) is 15.5 Å². The first-order chi connectivity index (χ1) is 12.6. The third kappa shape index (κ3) is 8.62. The van der Waals surface area contributed by atoms with Crippen molar-refractivity contribution in [3.05, 3.63) is 65.2 Å². The molecular weight excluding hydrogens is 451 g/mol. The number of guanidine groups is 1. The molecule has 0 aromatic heterocycles. The van der Waals surface area contributed by atoms with Crippen LogP contribution < -0.4 is 15.4 Å². The average Bonchev–Trinajstić information content (AvgIpc) is 2.65. The molecule has 0 aliphatic rings. The Morgan fingerprint density at radius 3 is 2.33 bits per heavy atom. The minimum Gasteiger partial charge on any atom is -0.497 e. The normalized spacial score (nSPS) is 11.1. The van der Waals surface area contributed by atoms with Gasteiger partial charge in [-0.2, -0.15) is 0 Å². The summed E-state index contributed by atoms with van der Waals surface area (Å²) in [5.41, 5.74) is 3.67. The molecule has 6 heteroatoms. The van der Waals surface area contributed by atoms with Crippen LogP contribution in [0, 0.1) is 0 Å². The van der Waals surface area contributed by atoms with Crippen LogP contribution in [0.3, 0.4) is 0 Å². The lowest BCUT2D eigenvalue weighted by Crippen LogP contribution is -2.36. The topological polar surface area (TPSA) is 48.9 Å². The molecule has 0 spiro atoms. The predicted octanol–water partition coefficient (Wildman–Crippen LogP) is 3.63. The monoisotopic (exact) mass is 482 g/mol. The van der Waals surface area contributed by atoms with Gasteiger partial charge in [0.15, 0.2) is 5.96 Å². The lowest BCUT2D eigenvalue weighted by atomic mass is 10.1. The Morgan fingerprint density at radius 1 is 1.00 bits per heavy atom. The molecule has 27 heavy (non-hydrogen) atoms. The minimum absolute atomic E-state index is 0. The standard InChI is InChI=1S/C21H30N4O.HI/c1-5-22-21(24-15-19-7-6-8-20(13-19)26-4)23-14-17-9-11-18(12-10-17)16-25(2)3;/h6-13H,5,14-16H2,1-4H3,(H2,22,23,24);1H. The highest BCUT2D eigenvalue weighted by molar-refractivity contribution is 14.0. The fourth-order valence-electron chi connectivity index (χ4n) is 2.60. The van der Waals surface area contributed by atoms with Crippen LogP contribution in [0.5, 0.6) is 5.75 Å². The van der Waals surface area contributed by atoms with Crippen molar-refractivity contribution in [1.29, 1.82) is 0 Å². The van der Waals surface area contributed by atoms with E-state index in [9.17, 15) is 0 Å². The number of aliphatic imine (C=N–C) groups is 1. The third-order valence-electron chi connectivity index (χ3n) is 3.88. The largest absolute Gasteiger partial charge is 0.497 e. The summed E-state index contributed by atoms with van der Waals surface area (Å²) < 4.78 is 5.27. The number of rotatable bonds is 8. The van der Waals surface area contributed by atoms with Gasteiger partial charge in [-0.15, -0.1) is 24.0 Å². The maximum Gasteiger partial charge on any atom is 0.191 e. The minimum atomic E-state index is 0. The number of hydrogen-bond acceptors (Lipinski definition) is 3. The van der Waals surface area contributed by atoms with Gasteiger partial charge in [-0.1, -0.05) is 36.4 Å². The van der Waals surface area contributed by atoms with Crippen LogP contribution in [0.15, 0.2) is 53.5 Å². The van der Waals surface area contributed by atoms with Gasteiger partial charge in [0.1, 0.15) is 5.75 Å². The van der Waals surface area contributed by atoms with Gasteiger partial charge in [-0.05, 0) is 49.8 Å². The number of benzene rings is 2. The van der Waals surface area contributed by atoms with Gasteiger partial charge in [0.2, 0.25) is 0 Å². The second kappa shape index (κ2) is 12.6. The molecule has 0 bridgehead atoms. The highest BCUT2D eigenvalue weighted by Gasteiger charge is 2.01. The van der Waals surface area contributed by atoms with Crippen LogP contribution in [0.25, 0.3) is 0 Å². The lowest BCUT2D eigenvalue weighted by molar-refractivity contribution is 0.402. The van der Waals surface area contributed by atoms with Crippen LogP contribution in [0.4, 0.5) is 0 Å². The summed E-state index contributed by atoms with van der Waals surface area (Å²) in [4.78, 5) is 6.83. The zero-order valence-corrected chi connectivity index (χ0v) is 19.0. The van der Waals surface area contributed by atoms with Crippen molar-refractivity contribution in [2.45, 2.75) is 26.6 Å². The Balaban J connectivity index is 0.00000364. The van der Waals surface area contributed by atoms with Crippen LogP contribution in [-0.4, -0.2) is 38.6 Å². The highest BCUT2D eigenvalue weighted by Crippen LogP contribution is 2.13. The van der Waals surface area contributed by atoms with E-state index in [4.69, 9.17) is 4.74 Å². The molecule has 2 rings (SSSR count). The molecule has 0 aliphatic carbocycles. The number of hydrogen-bond donors (Lipinski definition) is 2. The fraction of sp³-hybridized carbons (Fsp3) is 0.381. The van der Waals surface area contributed by atoms with Crippen LogP contribution in [0.1, 0.15) is 23.6 Å². The molecular formula is C21H31IN4O. The summed E-state index contributed by atoms with van der Waals surface area (Å²) in [6, 6.07) is 16.7. The SMILES string of the molecule is CCNC(=NCc1cccc(OC)c1)NCc1ccc(CN(C)C)cc1.I. The Morgan fingerprint density at radius 2 is 1.70 bits per heavy atom. The zero-order chi connectivity index (χ0) is 18.8. The first-order valence-corrected chi connectivity index (χ1v) is 8.98.